The first-order valence-electron chi connectivity index (χ1n) is 6.75. The molecule has 4 heteroatoms. The van der Waals surface area contributed by atoms with Gasteiger partial charge in [-0.25, -0.2) is 10.4 Å². The summed E-state index contributed by atoms with van der Waals surface area (Å²) in [5.41, 5.74) is 3.73. The molecule has 0 atom stereocenters. The van der Waals surface area contributed by atoms with Crippen LogP contribution in [0, 0.1) is 17.8 Å². The molecule has 2 N–H and O–H groups in total. The number of nitrogens with zero attached hydrogens (tertiary/aromatic N) is 1. The highest BCUT2D eigenvalue weighted by molar-refractivity contribution is 5.68. The number of rotatable bonds is 4. The molecule has 4 aliphatic rings. The van der Waals surface area contributed by atoms with E-state index in [1.807, 2.05) is 7.05 Å². The Labute approximate surface area is 102 Å². The second-order valence-electron chi connectivity index (χ2n) is 6.56. The molecule has 0 aliphatic heterocycles. The SMILES string of the molecule is CN(CC(=O)O)NC12CC3CC(CC(C3)C1)C2. The van der Waals surface area contributed by atoms with E-state index in [1.54, 1.807) is 5.01 Å². The molecule has 0 aromatic rings. The van der Waals surface area contributed by atoms with Crippen molar-refractivity contribution in [3.8, 4) is 0 Å². The van der Waals surface area contributed by atoms with Crippen LogP contribution in [0.5, 0.6) is 0 Å². The molecule has 0 heterocycles. The molecular weight excluding hydrogens is 216 g/mol. The molecule has 4 bridgehead atoms. The second kappa shape index (κ2) is 3.95. The first-order chi connectivity index (χ1) is 8.05. The average Bonchev–Trinajstić information content (AvgIpc) is 2.11. The van der Waals surface area contributed by atoms with Crippen LogP contribution in [-0.4, -0.2) is 35.2 Å². The van der Waals surface area contributed by atoms with Gasteiger partial charge in [-0.15, -0.1) is 0 Å². The topological polar surface area (TPSA) is 52.6 Å². The van der Waals surface area contributed by atoms with Crippen LogP contribution < -0.4 is 5.43 Å². The zero-order valence-electron chi connectivity index (χ0n) is 10.5. The molecule has 4 saturated carbocycles. The van der Waals surface area contributed by atoms with E-state index < -0.39 is 5.97 Å². The normalized spacial score (nSPS) is 43.3. The van der Waals surface area contributed by atoms with Crippen LogP contribution >= 0.6 is 0 Å². The van der Waals surface area contributed by atoms with Gasteiger partial charge in [0.1, 0.15) is 6.54 Å². The summed E-state index contributed by atoms with van der Waals surface area (Å²) >= 11 is 0. The van der Waals surface area contributed by atoms with Crippen molar-refractivity contribution in [3.63, 3.8) is 0 Å². The number of nitrogens with one attached hydrogen (secondary N) is 1. The maximum absolute atomic E-state index is 10.7. The van der Waals surface area contributed by atoms with Gasteiger partial charge in [0.2, 0.25) is 0 Å². The summed E-state index contributed by atoms with van der Waals surface area (Å²) < 4.78 is 0. The van der Waals surface area contributed by atoms with Crippen molar-refractivity contribution < 1.29 is 9.90 Å². The summed E-state index contributed by atoms with van der Waals surface area (Å²) in [6, 6.07) is 0. The van der Waals surface area contributed by atoms with E-state index >= 15 is 0 Å². The highest BCUT2D eigenvalue weighted by Gasteiger charge is 2.51. The average molecular weight is 238 g/mol. The van der Waals surface area contributed by atoms with Crippen molar-refractivity contribution in [3.05, 3.63) is 0 Å². The first kappa shape index (κ1) is 11.5. The molecule has 0 spiro atoms. The summed E-state index contributed by atoms with van der Waals surface area (Å²) in [7, 11) is 1.85. The summed E-state index contributed by atoms with van der Waals surface area (Å²) in [6.45, 7) is 0.0851. The van der Waals surface area contributed by atoms with E-state index in [4.69, 9.17) is 5.11 Å². The maximum atomic E-state index is 10.7. The van der Waals surface area contributed by atoms with E-state index in [0.717, 1.165) is 17.8 Å². The Morgan fingerprint density at radius 3 is 2.12 bits per heavy atom. The van der Waals surface area contributed by atoms with Gasteiger partial charge in [0.05, 0.1) is 0 Å². The number of carboxylic acid groups (broad SMARTS) is 1. The van der Waals surface area contributed by atoms with Crippen molar-refractivity contribution in [1.82, 2.24) is 10.4 Å². The predicted octanol–water partition coefficient (Wildman–Crippen LogP) is 1.48. The van der Waals surface area contributed by atoms with E-state index in [9.17, 15) is 4.79 Å². The predicted molar refractivity (Wildman–Crippen MR) is 64.3 cm³/mol. The standard InChI is InChI=1S/C13H22N2O2/c1-15(8-12(16)17)14-13-5-9-2-10(6-13)4-11(3-9)7-13/h9-11,14H,2-8H2,1H3,(H,16,17). The first-order valence-corrected chi connectivity index (χ1v) is 6.75. The van der Waals surface area contributed by atoms with Crippen molar-refractivity contribution >= 4 is 5.97 Å². The number of carbonyl (C=O) groups is 1. The number of likely N-dealkylation sites (N-methyl/N-ethyl adjacent to an activating group) is 1. The monoisotopic (exact) mass is 238 g/mol. The van der Waals surface area contributed by atoms with E-state index in [1.165, 1.54) is 38.5 Å². The summed E-state index contributed by atoms with van der Waals surface area (Å²) in [5, 5.41) is 10.6. The molecule has 4 aliphatic carbocycles. The zero-order valence-corrected chi connectivity index (χ0v) is 10.5. The Kier molecular flexibility index (Phi) is 2.67. The molecule has 4 rings (SSSR count). The lowest BCUT2D eigenvalue weighted by molar-refractivity contribution is -0.140. The van der Waals surface area contributed by atoms with Gasteiger partial charge in [0, 0.05) is 12.6 Å². The maximum Gasteiger partial charge on any atom is 0.319 e. The largest absolute Gasteiger partial charge is 0.480 e. The Morgan fingerprint density at radius 2 is 1.71 bits per heavy atom. The molecule has 17 heavy (non-hydrogen) atoms. The van der Waals surface area contributed by atoms with E-state index in [-0.39, 0.29) is 12.1 Å². The van der Waals surface area contributed by atoms with Crippen molar-refractivity contribution in [2.24, 2.45) is 17.8 Å². The fraction of sp³-hybridized carbons (Fsp3) is 0.923. The van der Waals surface area contributed by atoms with Gasteiger partial charge < -0.3 is 5.11 Å². The number of carboxylic acids is 1. The molecule has 0 aromatic carbocycles. The number of aliphatic carboxylic acids is 1. The number of hydrazine groups is 1. The highest BCUT2D eigenvalue weighted by Crippen LogP contribution is 2.55. The molecule has 96 valence electrons. The van der Waals surface area contributed by atoms with Crippen LogP contribution in [0.3, 0.4) is 0 Å². The molecular formula is C13H22N2O2. The molecule has 4 fully saturated rings. The smallest absolute Gasteiger partial charge is 0.319 e. The Morgan fingerprint density at radius 1 is 1.24 bits per heavy atom. The van der Waals surface area contributed by atoms with Crippen molar-refractivity contribution in [1.29, 1.82) is 0 Å². The van der Waals surface area contributed by atoms with Gasteiger partial charge in [0.15, 0.2) is 0 Å². The van der Waals surface area contributed by atoms with Gasteiger partial charge in [-0.05, 0) is 56.3 Å². The van der Waals surface area contributed by atoms with Crippen LogP contribution in [0.15, 0.2) is 0 Å². The lowest BCUT2D eigenvalue weighted by Crippen LogP contribution is -2.62. The van der Waals surface area contributed by atoms with Crippen LogP contribution in [0.2, 0.25) is 0 Å². The van der Waals surface area contributed by atoms with Gasteiger partial charge in [-0.2, -0.15) is 0 Å². The third kappa shape index (κ3) is 2.20. The van der Waals surface area contributed by atoms with Gasteiger partial charge in [-0.1, -0.05) is 0 Å². The lowest BCUT2D eigenvalue weighted by atomic mass is 9.53. The fourth-order valence-corrected chi connectivity index (χ4v) is 4.89. The molecule has 0 amide bonds. The van der Waals surface area contributed by atoms with Crippen LogP contribution in [0.4, 0.5) is 0 Å². The quantitative estimate of drug-likeness (QED) is 0.728. The minimum Gasteiger partial charge on any atom is -0.480 e. The molecule has 0 radical (unpaired) electrons. The third-order valence-corrected chi connectivity index (χ3v) is 4.84. The van der Waals surface area contributed by atoms with Gasteiger partial charge in [0.25, 0.3) is 0 Å². The van der Waals surface area contributed by atoms with Gasteiger partial charge in [-0.3, -0.25) is 4.79 Å². The molecule has 4 nitrogen and oxygen atoms in total. The van der Waals surface area contributed by atoms with E-state index in [0.29, 0.717) is 0 Å². The Bertz CT molecular complexity index is 294. The minimum absolute atomic E-state index is 0.0851. The summed E-state index contributed by atoms with van der Waals surface area (Å²) in [5.74, 6) is 1.93. The molecule has 0 unspecified atom stereocenters. The van der Waals surface area contributed by atoms with Crippen LogP contribution in [-0.2, 0) is 4.79 Å². The second-order valence-corrected chi connectivity index (χ2v) is 6.56. The number of hydrogen-bond acceptors (Lipinski definition) is 3. The van der Waals surface area contributed by atoms with Crippen molar-refractivity contribution in [2.45, 2.75) is 44.1 Å². The summed E-state index contributed by atoms with van der Waals surface area (Å²) in [6.07, 6.45) is 8.02. The van der Waals surface area contributed by atoms with E-state index in [2.05, 4.69) is 5.43 Å². The highest BCUT2D eigenvalue weighted by atomic mass is 16.4. The Hall–Kier alpha value is -0.610. The number of hydrogen-bond donors (Lipinski definition) is 2. The summed E-state index contributed by atoms with van der Waals surface area (Å²) in [4.78, 5) is 10.7. The van der Waals surface area contributed by atoms with Crippen molar-refractivity contribution in [2.75, 3.05) is 13.6 Å². The van der Waals surface area contributed by atoms with Crippen LogP contribution in [0.25, 0.3) is 0 Å². The zero-order chi connectivity index (χ0) is 12.0. The molecule has 0 aromatic heterocycles. The van der Waals surface area contributed by atoms with Gasteiger partial charge >= 0.3 is 5.97 Å². The fourth-order valence-electron chi connectivity index (χ4n) is 4.89. The molecule has 0 saturated heterocycles. The Balaban J connectivity index is 1.67. The van der Waals surface area contributed by atoms with Crippen LogP contribution in [0.1, 0.15) is 38.5 Å². The minimum atomic E-state index is -0.760. The third-order valence-electron chi connectivity index (χ3n) is 4.84. The lowest BCUT2D eigenvalue weighted by Gasteiger charge is -2.57.